The van der Waals surface area contributed by atoms with Gasteiger partial charge in [0, 0.05) is 12.4 Å². The molecule has 0 N–H and O–H groups in total. The van der Waals surface area contributed by atoms with Crippen LogP contribution in [0.2, 0.25) is 0 Å². The summed E-state index contributed by atoms with van der Waals surface area (Å²) in [5, 5.41) is 1.37. The Morgan fingerprint density at radius 1 is 1.30 bits per heavy atom. The molecule has 0 fully saturated rings. The van der Waals surface area contributed by atoms with Crippen LogP contribution in [0.15, 0.2) is 30.1 Å². The molecule has 0 atom stereocenters. The largest absolute Gasteiger partial charge is 0.442 e. The van der Waals surface area contributed by atoms with E-state index < -0.39 is 41.6 Å². The number of halogens is 4. The molecule has 1 aromatic rings. The minimum absolute atomic E-state index is 0.419. The molecular weight excluding hydrogens is 318 g/mol. The lowest BCUT2D eigenvalue weighted by atomic mass is 10.2. The number of ether oxygens (including phenoxy) is 1. The molecule has 0 aliphatic carbocycles. The molecule has 2 rings (SSSR count). The molecule has 23 heavy (non-hydrogen) atoms. The predicted octanol–water partition coefficient (Wildman–Crippen LogP) is 3.64. The van der Waals surface area contributed by atoms with Crippen molar-refractivity contribution in [2.75, 3.05) is 11.6 Å². The second kappa shape index (κ2) is 5.71. The van der Waals surface area contributed by atoms with Crippen LogP contribution < -0.4 is 5.01 Å². The van der Waals surface area contributed by atoms with Crippen molar-refractivity contribution >= 4 is 11.9 Å². The molecule has 5 nitrogen and oxygen atoms in total. The fourth-order valence-electron chi connectivity index (χ4n) is 1.85. The minimum atomic E-state index is -4.65. The molecule has 0 unspecified atom stereocenters. The molecule has 1 aliphatic heterocycles. The second-order valence-corrected chi connectivity index (χ2v) is 5.84. The van der Waals surface area contributed by atoms with Crippen molar-refractivity contribution in [2.45, 2.75) is 32.5 Å². The maximum atomic E-state index is 13.8. The highest BCUT2D eigenvalue weighted by atomic mass is 19.4. The number of anilines is 1. The lowest BCUT2D eigenvalue weighted by Crippen LogP contribution is -2.44. The normalized spacial score (nSPS) is 15.7. The first-order chi connectivity index (χ1) is 10.5. The summed E-state index contributed by atoms with van der Waals surface area (Å²) in [7, 11) is 0. The van der Waals surface area contributed by atoms with Crippen molar-refractivity contribution in [1.82, 2.24) is 9.99 Å². The SMILES string of the molecule is CC(C)(C)OC(=O)N1CC(C(F)(F)F)=CN1c1ncccc1F. The van der Waals surface area contributed by atoms with Gasteiger partial charge in [-0.2, -0.15) is 13.2 Å². The van der Waals surface area contributed by atoms with Crippen LogP contribution in [0.1, 0.15) is 20.8 Å². The van der Waals surface area contributed by atoms with Gasteiger partial charge in [0.05, 0.1) is 12.1 Å². The van der Waals surface area contributed by atoms with Crippen molar-refractivity contribution in [2.24, 2.45) is 0 Å². The van der Waals surface area contributed by atoms with E-state index in [-0.39, 0.29) is 0 Å². The van der Waals surface area contributed by atoms with E-state index in [0.717, 1.165) is 6.07 Å². The molecule has 0 spiro atoms. The van der Waals surface area contributed by atoms with E-state index in [9.17, 15) is 22.4 Å². The van der Waals surface area contributed by atoms with E-state index in [4.69, 9.17) is 4.74 Å². The van der Waals surface area contributed by atoms with Crippen LogP contribution in [0.25, 0.3) is 0 Å². The molecule has 0 saturated carbocycles. The third-order valence-corrected chi connectivity index (χ3v) is 2.78. The summed E-state index contributed by atoms with van der Waals surface area (Å²) >= 11 is 0. The monoisotopic (exact) mass is 333 g/mol. The van der Waals surface area contributed by atoms with Gasteiger partial charge in [0.25, 0.3) is 0 Å². The highest BCUT2D eigenvalue weighted by molar-refractivity contribution is 5.73. The zero-order chi connectivity index (χ0) is 17.4. The van der Waals surface area contributed by atoms with E-state index in [1.165, 1.54) is 12.3 Å². The van der Waals surface area contributed by atoms with Crippen LogP contribution in [-0.2, 0) is 4.74 Å². The minimum Gasteiger partial charge on any atom is -0.442 e. The van der Waals surface area contributed by atoms with Gasteiger partial charge in [-0.1, -0.05) is 0 Å². The van der Waals surface area contributed by atoms with E-state index >= 15 is 0 Å². The maximum absolute atomic E-state index is 13.8. The Bertz CT molecular complexity index is 638. The summed E-state index contributed by atoms with van der Waals surface area (Å²) in [5.74, 6) is -1.28. The number of carbonyl (C=O) groups excluding carboxylic acids is 1. The number of alkyl halides is 3. The third kappa shape index (κ3) is 3.91. The van der Waals surface area contributed by atoms with Gasteiger partial charge < -0.3 is 4.74 Å². The molecule has 1 amide bonds. The quantitative estimate of drug-likeness (QED) is 0.736. The van der Waals surface area contributed by atoms with E-state index in [1.807, 2.05) is 0 Å². The van der Waals surface area contributed by atoms with Crippen molar-refractivity contribution in [3.05, 3.63) is 35.9 Å². The number of hydrogen-bond acceptors (Lipinski definition) is 4. The Hall–Kier alpha value is -2.32. The van der Waals surface area contributed by atoms with E-state index in [0.29, 0.717) is 16.2 Å². The van der Waals surface area contributed by atoms with Crippen molar-refractivity contribution in [1.29, 1.82) is 0 Å². The number of hydrogen-bond donors (Lipinski definition) is 0. The first-order valence-corrected chi connectivity index (χ1v) is 6.67. The zero-order valence-corrected chi connectivity index (χ0v) is 12.7. The molecule has 1 aliphatic rings. The van der Waals surface area contributed by atoms with E-state index in [1.54, 1.807) is 20.8 Å². The smallest absolute Gasteiger partial charge is 0.429 e. The van der Waals surface area contributed by atoms with Crippen LogP contribution in [0.5, 0.6) is 0 Å². The molecule has 0 radical (unpaired) electrons. The Morgan fingerprint density at radius 3 is 2.48 bits per heavy atom. The maximum Gasteiger partial charge on any atom is 0.429 e. The van der Waals surface area contributed by atoms with E-state index in [2.05, 4.69) is 4.98 Å². The summed E-state index contributed by atoms with van der Waals surface area (Å²) in [4.78, 5) is 15.8. The van der Waals surface area contributed by atoms with Crippen molar-refractivity contribution in [3.63, 3.8) is 0 Å². The average molecular weight is 333 g/mol. The van der Waals surface area contributed by atoms with Crippen LogP contribution in [0.3, 0.4) is 0 Å². The molecule has 1 aromatic heterocycles. The number of amides is 1. The van der Waals surface area contributed by atoms with Gasteiger partial charge in [-0.15, -0.1) is 0 Å². The fraction of sp³-hybridized carbons (Fsp3) is 0.429. The Kier molecular flexibility index (Phi) is 4.23. The van der Waals surface area contributed by atoms with Gasteiger partial charge in [0.15, 0.2) is 11.6 Å². The first-order valence-electron chi connectivity index (χ1n) is 6.67. The van der Waals surface area contributed by atoms with Crippen LogP contribution >= 0.6 is 0 Å². The van der Waals surface area contributed by atoms with Crippen LogP contribution in [0.4, 0.5) is 28.2 Å². The highest BCUT2D eigenvalue weighted by Crippen LogP contribution is 2.34. The predicted molar refractivity (Wildman–Crippen MR) is 73.8 cm³/mol. The Labute approximate surface area is 130 Å². The lowest BCUT2D eigenvalue weighted by Gasteiger charge is -2.30. The number of pyridine rings is 1. The van der Waals surface area contributed by atoms with Gasteiger partial charge in [-0.25, -0.2) is 24.2 Å². The molecule has 0 aromatic carbocycles. The number of hydrazine groups is 1. The molecule has 0 bridgehead atoms. The average Bonchev–Trinajstić information content (AvgIpc) is 2.82. The topological polar surface area (TPSA) is 45.7 Å². The molecule has 9 heteroatoms. The van der Waals surface area contributed by atoms with Gasteiger partial charge in [0.2, 0.25) is 0 Å². The Morgan fingerprint density at radius 2 is 1.96 bits per heavy atom. The first kappa shape index (κ1) is 17.0. The summed E-state index contributed by atoms with van der Waals surface area (Å²) in [6, 6.07) is 2.33. The number of nitrogens with zero attached hydrogens (tertiary/aromatic N) is 3. The lowest BCUT2D eigenvalue weighted by molar-refractivity contribution is -0.0934. The number of carbonyl (C=O) groups is 1. The molecule has 0 saturated heterocycles. The van der Waals surface area contributed by atoms with Gasteiger partial charge >= 0.3 is 12.3 Å². The van der Waals surface area contributed by atoms with Gasteiger partial charge in [-0.05, 0) is 32.9 Å². The summed E-state index contributed by atoms with van der Waals surface area (Å²) in [6.45, 7) is 3.94. The van der Waals surface area contributed by atoms with Crippen molar-refractivity contribution < 1.29 is 27.1 Å². The van der Waals surface area contributed by atoms with Crippen LogP contribution in [0, 0.1) is 5.82 Å². The van der Waals surface area contributed by atoms with Crippen molar-refractivity contribution in [3.8, 4) is 0 Å². The Balaban J connectivity index is 2.38. The molecular formula is C14H15F4N3O2. The standard InChI is InChI=1S/C14H15F4N3O2/c1-13(2,3)23-12(22)21-8-9(14(16,17)18)7-20(21)11-10(15)5-4-6-19-11/h4-7H,8H2,1-3H3. The zero-order valence-electron chi connectivity index (χ0n) is 12.7. The highest BCUT2D eigenvalue weighted by Gasteiger charge is 2.43. The summed E-state index contributed by atoms with van der Waals surface area (Å²) in [6.07, 6.45) is -3.83. The number of aromatic nitrogens is 1. The number of rotatable bonds is 1. The molecule has 126 valence electrons. The van der Waals surface area contributed by atoms with Crippen LogP contribution in [-0.4, -0.2) is 34.4 Å². The molecule has 2 heterocycles. The fourth-order valence-corrected chi connectivity index (χ4v) is 1.85. The summed E-state index contributed by atoms with van der Waals surface area (Å²) < 4.78 is 57.7. The van der Waals surface area contributed by atoms with Gasteiger partial charge in [-0.3, -0.25) is 0 Å². The summed E-state index contributed by atoms with van der Waals surface area (Å²) in [5.41, 5.74) is -1.92. The third-order valence-electron chi connectivity index (χ3n) is 2.78. The van der Waals surface area contributed by atoms with Gasteiger partial charge in [0.1, 0.15) is 5.60 Å². The second-order valence-electron chi connectivity index (χ2n) is 5.84.